The van der Waals surface area contributed by atoms with Crippen molar-refractivity contribution >= 4 is 17.4 Å². The highest BCUT2D eigenvalue weighted by molar-refractivity contribution is 6.20. The third-order valence-electron chi connectivity index (χ3n) is 3.54. The van der Waals surface area contributed by atoms with Gasteiger partial charge in [-0.1, -0.05) is 0 Å². The van der Waals surface area contributed by atoms with Gasteiger partial charge < -0.3 is 9.64 Å². The summed E-state index contributed by atoms with van der Waals surface area (Å²) in [7, 11) is 0. The molecule has 1 aromatic rings. The van der Waals surface area contributed by atoms with Crippen molar-refractivity contribution in [3.05, 3.63) is 18.3 Å². The largest absolute Gasteiger partial charge is 0.490 e. The molecular formula is C14H21ClN2O. The molecule has 1 fully saturated rings. The van der Waals surface area contributed by atoms with Crippen molar-refractivity contribution in [2.24, 2.45) is 5.92 Å². The molecule has 2 heterocycles. The molecule has 3 nitrogen and oxygen atoms in total. The summed E-state index contributed by atoms with van der Waals surface area (Å²) in [6.07, 6.45) is 4.09. The normalized spacial score (nSPS) is 18.7. The number of ether oxygens (including phenoxy) is 1. The lowest BCUT2D eigenvalue weighted by Gasteiger charge is -2.34. The van der Waals surface area contributed by atoms with Gasteiger partial charge >= 0.3 is 0 Å². The van der Waals surface area contributed by atoms with Crippen molar-refractivity contribution in [1.82, 2.24) is 4.98 Å². The molecule has 0 saturated carbocycles. The maximum absolute atomic E-state index is 6.17. The van der Waals surface area contributed by atoms with Crippen LogP contribution in [0.5, 0.6) is 5.75 Å². The molecule has 0 radical (unpaired) electrons. The Labute approximate surface area is 114 Å². The minimum Gasteiger partial charge on any atom is -0.490 e. The van der Waals surface area contributed by atoms with E-state index in [-0.39, 0.29) is 5.38 Å². The smallest absolute Gasteiger partial charge is 0.171 e. The molecule has 1 aromatic heterocycles. The van der Waals surface area contributed by atoms with Crippen LogP contribution in [0.4, 0.5) is 5.82 Å². The van der Waals surface area contributed by atoms with E-state index in [1.165, 1.54) is 0 Å². The van der Waals surface area contributed by atoms with Crippen LogP contribution in [0, 0.1) is 5.92 Å². The third kappa shape index (κ3) is 3.08. The molecular weight excluding hydrogens is 248 g/mol. The molecule has 0 N–H and O–H groups in total. The van der Waals surface area contributed by atoms with Gasteiger partial charge in [0, 0.05) is 24.7 Å². The molecule has 1 aliphatic rings. The lowest BCUT2D eigenvalue weighted by Crippen LogP contribution is -2.36. The summed E-state index contributed by atoms with van der Waals surface area (Å²) < 4.78 is 5.63. The van der Waals surface area contributed by atoms with Crippen LogP contribution in [0.3, 0.4) is 0 Å². The van der Waals surface area contributed by atoms with E-state index < -0.39 is 0 Å². The number of nitrogens with zero attached hydrogens (tertiary/aromatic N) is 2. The number of pyridine rings is 1. The fourth-order valence-electron chi connectivity index (χ4n) is 2.46. The highest BCUT2D eigenvalue weighted by Gasteiger charge is 2.24. The molecule has 1 unspecified atom stereocenters. The van der Waals surface area contributed by atoms with E-state index in [9.17, 15) is 0 Å². The molecule has 0 aromatic carbocycles. The molecule has 100 valence electrons. The van der Waals surface area contributed by atoms with E-state index in [0.29, 0.717) is 12.5 Å². The van der Waals surface area contributed by atoms with Crippen molar-refractivity contribution in [3.63, 3.8) is 0 Å². The summed E-state index contributed by atoms with van der Waals surface area (Å²) in [6.45, 7) is 6.79. The summed E-state index contributed by atoms with van der Waals surface area (Å²) in [5.74, 6) is 2.49. The molecule has 1 saturated heterocycles. The zero-order chi connectivity index (χ0) is 13.0. The van der Waals surface area contributed by atoms with Gasteiger partial charge in [-0.3, -0.25) is 0 Å². The number of alkyl halides is 1. The van der Waals surface area contributed by atoms with Gasteiger partial charge in [0.25, 0.3) is 0 Å². The number of rotatable bonds is 4. The molecule has 18 heavy (non-hydrogen) atoms. The van der Waals surface area contributed by atoms with E-state index in [4.69, 9.17) is 16.3 Å². The number of aromatic nitrogens is 1. The summed E-state index contributed by atoms with van der Waals surface area (Å²) in [6, 6.07) is 3.91. The predicted octanol–water partition coefficient (Wildman–Crippen LogP) is 3.32. The van der Waals surface area contributed by atoms with Gasteiger partial charge in [0.2, 0.25) is 0 Å². The van der Waals surface area contributed by atoms with Crippen LogP contribution in [-0.2, 0) is 0 Å². The van der Waals surface area contributed by atoms with Gasteiger partial charge in [-0.15, -0.1) is 11.6 Å². The van der Waals surface area contributed by atoms with Crippen LogP contribution in [0.25, 0.3) is 0 Å². The number of halogens is 1. The Morgan fingerprint density at radius 3 is 2.83 bits per heavy atom. The van der Waals surface area contributed by atoms with Gasteiger partial charge in [-0.2, -0.15) is 0 Å². The monoisotopic (exact) mass is 268 g/mol. The SMILES string of the molecule is CCOc1cccnc1N1CCC(C(C)Cl)CC1. The number of piperidine rings is 1. The van der Waals surface area contributed by atoms with Gasteiger partial charge in [0.15, 0.2) is 11.6 Å². The first-order valence-electron chi connectivity index (χ1n) is 6.69. The molecule has 0 aliphatic carbocycles. The predicted molar refractivity (Wildman–Crippen MR) is 75.7 cm³/mol. The van der Waals surface area contributed by atoms with Crippen LogP contribution >= 0.6 is 11.6 Å². The van der Waals surface area contributed by atoms with Crippen LogP contribution in [0.1, 0.15) is 26.7 Å². The van der Waals surface area contributed by atoms with E-state index in [0.717, 1.165) is 37.5 Å². The Balaban J connectivity index is 2.05. The van der Waals surface area contributed by atoms with Gasteiger partial charge in [-0.05, 0) is 44.7 Å². The summed E-state index contributed by atoms with van der Waals surface area (Å²) in [5.41, 5.74) is 0. The van der Waals surface area contributed by atoms with Crippen LogP contribution in [0.15, 0.2) is 18.3 Å². The molecule has 4 heteroatoms. The zero-order valence-corrected chi connectivity index (χ0v) is 11.9. The molecule has 0 spiro atoms. The standard InChI is InChI=1S/C14H21ClN2O/c1-3-18-13-5-4-8-16-14(13)17-9-6-12(7-10-17)11(2)15/h4-5,8,11-12H,3,6-7,9-10H2,1-2H3. The van der Waals surface area contributed by atoms with Crippen molar-refractivity contribution < 1.29 is 4.74 Å². The molecule has 2 rings (SSSR count). The summed E-state index contributed by atoms with van der Waals surface area (Å²) in [5, 5.41) is 0.266. The Bertz CT molecular complexity index is 376. The topological polar surface area (TPSA) is 25.4 Å². The summed E-state index contributed by atoms with van der Waals surface area (Å²) >= 11 is 6.17. The first-order valence-corrected chi connectivity index (χ1v) is 7.12. The molecule has 1 aliphatic heterocycles. The Hall–Kier alpha value is -0.960. The first-order chi connectivity index (χ1) is 8.72. The molecule has 1 atom stereocenters. The number of hydrogen-bond donors (Lipinski definition) is 0. The quantitative estimate of drug-likeness (QED) is 0.784. The van der Waals surface area contributed by atoms with E-state index >= 15 is 0 Å². The Morgan fingerprint density at radius 2 is 2.22 bits per heavy atom. The number of anilines is 1. The first kappa shape index (κ1) is 13.5. The van der Waals surface area contributed by atoms with Crippen molar-refractivity contribution in [3.8, 4) is 5.75 Å². The molecule has 0 amide bonds. The Kier molecular flexibility index (Phi) is 4.70. The van der Waals surface area contributed by atoms with Crippen LogP contribution in [0.2, 0.25) is 0 Å². The Morgan fingerprint density at radius 1 is 1.50 bits per heavy atom. The molecule has 0 bridgehead atoms. The van der Waals surface area contributed by atoms with Crippen molar-refractivity contribution in [2.45, 2.75) is 32.1 Å². The fraction of sp³-hybridized carbons (Fsp3) is 0.643. The highest BCUT2D eigenvalue weighted by atomic mass is 35.5. The number of hydrogen-bond acceptors (Lipinski definition) is 3. The zero-order valence-electron chi connectivity index (χ0n) is 11.1. The van der Waals surface area contributed by atoms with E-state index in [2.05, 4.69) is 16.8 Å². The lowest BCUT2D eigenvalue weighted by molar-refractivity contribution is 0.335. The second-order valence-electron chi connectivity index (χ2n) is 4.76. The average molecular weight is 269 g/mol. The van der Waals surface area contributed by atoms with Crippen molar-refractivity contribution in [1.29, 1.82) is 0 Å². The maximum atomic E-state index is 6.17. The maximum Gasteiger partial charge on any atom is 0.171 e. The summed E-state index contributed by atoms with van der Waals surface area (Å²) in [4.78, 5) is 6.77. The minimum absolute atomic E-state index is 0.266. The van der Waals surface area contributed by atoms with Gasteiger partial charge in [0.1, 0.15) is 0 Å². The van der Waals surface area contributed by atoms with Crippen LogP contribution < -0.4 is 9.64 Å². The third-order valence-corrected chi connectivity index (χ3v) is 3.90. The average Bonchev–Trinajstić information content (AvgIpc) is 2.40. The second-order valence-corrected chi connectivity index (χ2v) is 5.45. The van der Waals surface area contributed by atoms with Gasteiger partial charge in [-0.25, -0.2) is 4.98 Å². The minimum atomic E-state index is 0.266. The van der Waals surface area contributed by atoms with Crippen molar-refractivity contribution in [2.75, 3.05) is 24.6 Å². The van der Waals surface area contributed by atoms with Gasteiger partial charge in [0.05, 0.1) is 6.61 Å². The van der Waals surface area contributed by atoms with E-state index in [1.807, 2.05) is 25.3 Å². The van der Waals surface area contributed by atoms with Crippen LogP contribution in [-0.4, -0.2) is 30.1 Å². The lowest BCUT2D eigenvalue weighted by atomic mass is 9.94. The van der Waals surface area contributed by atoms with E-state index in [1.54, 1.807) is 0 Å². The fourth-order valence-corrected chi connectivity index (χ4v) is 2.71. The second kappa shape index (κ2) is 6.28. The highest BCUT2D eigenvalue weighted by Crippen LogP contribution is 2.31.